The number of rotatable bonds is 5. The first-order valence-electron chi connectivity index (χ1n) is 6.79. The number of benzene rings is 1. The molecule has 1 N–H and O–H groups in total. The van der Waals surface area contributed by atoms with Crippen molar-refractivity contribution >= 4 is 27.5 Å². The quantitative estimate of drug-likeness (QED) is 0.494. The molecule has 1 rings (SSSR count). The number of alkyl halides is 1. The third-order valence-electron chi connectivity index (χ3n) is 3.42. The molecular weight excluding hydrogens is 336 g/mol. The van der Waals surface area contributed by atoms with Crippen molar-refractivity contribution < 1.29 is 9.72 Å². The van der Waals surface area contributed by atoms with E-state index < -0.39 is 4.92 Å². The van der Waals surface area contributed by atoms with Crippen LogP contribution in [0.5, 0.6) is 0 Å². The van der Waals surface area contributed by atoms with E-state index in [1.54, 1.807) is 19.1 Å². The van der Waals surface area contributed by atoms with E-state index in [-0.39, 0.29) is 28.6 Å². The maximum Gasteiger partial charge on any atom is 0.282 e. The molecule has 1 atom stereocenters. The molecule has 0 saturated carbocycles. The SMILES string of the molecule is Cc1cccc([N+](=O)[O-])c1C(=O)NC(CCBr)C(C)(C)C. The minimum Gasteiger partial charge on any atom is -0.349 e. The lowest BCUT2D eigenvalue weighted by Crippen LogP contribution is -2.44. The highest BCUT2D eigenvalue weighted by atomic mass is 79.9. The van der Waals surface area contributed by atoms with Gasteiger partial charge in [-0.15, -0.1) is 0 Å². The zero-order chi connectivity index (χ0) is 16.2. The largest absolute Gasteiger partial charge is 0.349 e. The fraction of sp³-hybridized carbons (Fsp3) is 0.533. The molecule has 0 saturated heterocycles. The summed E-state index contributed by atoms with van der Waals surface area (Å²) in [6.45, 7) is 7.81. The van der Waals surface area contributed by atoms with Gasteiger partial charge in [0.25, 0.3) is 11.6 Å². The molecule has 0 aliphatic heterocycles. The molecule has 1 unspecified atom stereocenters. The lowest BCUT2D eigenvalue weighted by atomic mass is 9.85. The zero-order valence-corrected chi connectivity index (χ0v) is 14.4. The van der Waals surface area contributed by atoms with Gasteiger partial charge in [-0.05, 0) is 24.3 Å². The number of nitrogens with zero attached hydrogens (tertiary/aromatic N) is 1. The average Bonchev–Trinajstić information content (AvgIpc) is 2.36. The van der Waals surface area contributed by atoms with Gasteiger partial charge in [-0.3, -0.25) is 14.9 Å². The van der Waals surface area contributed by atoms with Crippen LogP contribution in [0.3, 0.4) is 0 Å². The van der Waals surface area contributed by atoms with Crippen molar-refractivity contribution in [2.24, 2.45) is 5.41 Å². The van der Waals surface area contributed by atoms with Crippen LogP contribution in [-0.4, -0.2) is 22.2 Å². The van der Waals surface area contributed by atoms with Crippen LogP contribution in [0.1, 0.15) is 43.1 Å². The van der Waals surface area contributed by atoms with Crippen LogP contribution in [0.25, 0.3) is 0 Å². The number of carbonyl (C=O) groups is 1. The summed E-state index contributed by atoms with van der Waals surface area (Å²) in [7, 11) is 0. The summed E-state index contributed by atoms with van der Waals surface area (Å²) < 4.78 is 0. The van der Waals surface area contributed by atoms with Crippen LogP contribution >= 0.6 is 15.9 Å². The first kappa shape index (κ1) is 17.6. The molecule has 0 aliphatic rings. The lowest BCUT2D eigenvalue weighted by Gasteiger charge is -2.31. The molecule has 0 heterocycles. The smallest absolute Gasteiger partial charge is 0.282 e. The Balaban J connectivity index is 3.11. The number of carbonyl (C=O) groups excluding carboxylic acids is 1. The number of amides is 1. The van der Waals surface area contributed by atoms with Crippen molar-refractivity contribution in [2.45, 2.75) is 40.2 Å². The van der Waals surface area contributed by atoms with E-state index in [4.69, 9.17) is 0 Å². The maximum absolute atomic E-state index is 12.5. The second-order valence-corrected chi connectivity index (χ2v) is 6.89. The van der Waals surface area contributed by atoms with Crippen molar-refractivity contribution in [3.05, 3.63) is 39.4 Å². The van der Waals surface area contributed by atoms with Crippen LogP contribution in [0.4, 0.5) is 5.69 Å². The van der Waals surface area contributed by atoms with Crippen LogP contribution in [0, 0.1) is 22.5 Å². The number of nitro groups is 1. The third kappa shape index (κ3) is 4.52. The minimum absolute atomic E-state index is 0.0661. The summed E-state index contributed by atoms with van der Waals surface area (Å²) in [5, 5.41) is 14.8. The Bertz CT molecular complexity index is 538. The summed E-state index contributed by atoms with van der Waals surface area (Å²) in [5.74, 6) is -0.388. The highest BCUT2D eigenvalue weighted by Gasteiger charge is 2.29. The second-order valence-electron chi connectivity index (χ2n) is 6.10. The van der Waals surface area contributed by atoms with E-state index in [2.05, 4.69) is 21.2 Å². The van der Waals surface area contributed by atoms with Crippen LogP contribution < -0.4 is 5.32 Å². The van der Waals surface area contributed by atoms with Gasteiger partial charge in [0.05, 0.1) is 4.92 Å². The molecule has 0 aliphatic carbocycles. The molecule has 0 aromatic heterocycles. The number of hydrogen-bond acceptors (Lipinski definition) is 3. The Morgan fingerprint density at radius 3 is 2.52 bits per heavy atom. The standard InChI is InChI=1S/C15H21BrN2O3/c1-10-6-5-7-11(18(20)21)13(10)14(19)17-12(8-9-16)15(2,3)4/h5-7,12H,8-9H2,1-4H3,(H,17,19). The van der Waals surface area contributed by atoms with E-state index in [1.807, 2.05) is 20.8 Å². The second kappa shape index (κ2) is 7.02. The Kier molecular flexibility index (Phi) is 5.89. The highest BCUT2D eigenvalue weighted by Crippen LogP contribution is 2.26. The van der Waals surface area contributed by atoms with Gasteiger partial charge in [-0.1, -0.05) is 48.8 Å². The molecule has 6 heteroatoms. The van der Waals surface area contributed by atoms with Crippen molar-refractivity contribution in [3.63, 3.8) is 0 Å². The summed E-state index contributed by atoms with van der Waals surface area (Å²) in [6, 6.07) is 4.59. The summed E-state index contributed by atoms with van der Waals surface area (Å²) in [5.41, 5.74) is 0.472. The summed E-state index contributed by atoms with van der Waals surface area (Å²) in [4.78, 5) is 23.1. The molecule has 0 fully saturated rings. The molecule has 21 heavy (non-hydrogen) atoms. The van der Waals surface area contributed by atoms with Gasteiger partial charge in [0, 0.05) is 17.4 Å². The van der Waals surface area contributed by atoms with Crippen molar-refractivity contribution in [1.29, 1.82) is 0 Å². The van der Waals surface area contributed by atoms with Gasteiger partial charge in [0.1, 0.15) is 5.56 Å². The molecule has 0 spiro atoms. The van der Waals surface area contributed by atoms with Gasteiger partial charge in [-0.2, -0.15) is 0 Å². The highest BCUT2D eigenvalue weighted by molar-refractivity contribution is 9.09. The fourth-order valence-corrected chi connectivity index (χ4v) is 2.62. The van der Waals surface area contributed by atoms with Gasteiger partial charge < -0.3 is 5.32 Å². The number of halogens is 1. The van der Waals surface area contributed by atoms with Gasteiger partial charge in [0.15, 0.2) is 0 Å². The molecule has 0 radical (unpaired) electrons. The predicted octanol–water partition coefficient (Wildman–Crippen LogP) is 3.83. The molecule has 1 aromatic carbocycles. The zero-order valence-electron chi connectivity index (χ0n) is 12.8. The molecule has 1 aromatic rings. The first-order chi connectivity index (χ1) is 9.68. The van der Waals surface area contributed by atoms with Crippen molar-refractivity contribution in [2.75, 3.05) is 5.33 Å². The molecule has 5 nitrogen and oxygen atoms in total. The molecule has 0 bridgehead atoms. The topological polar surface area (TPSA) is 72.2 Å². The minimum atomic E-state index is -0.515. The first-order valence-corrected chi connectivity index (χ1v) is 7.91. The number of hydrogen-bond donors (Lipinski definition) is 1. The summed E-state index contributed by atoms with van der Waals surface area (Å²) in [6.07, 6.45) is 0.759. The molecule has 1 amide bonds. The molecular formula is C15H21BrN2O3. The van der Waals surface area contributed by atoms with Crippen molar-refractivity contribution in [3.8, 4) is 0 Å². The van der Waals surface area contributed by atoms with Gasteiger partial charge >= 0.3 is 0 Å². The normalized spacial score (nSPS) is 12.8. The maximum atomic E-state index is 12.5. The average molecular weight is 357 g/mol. The van der Waals surface area contributed by atoms with E-state index in [1.165, 1.54) is 6.07 Å². The summed E-state index contributed by atoms with van der Waals surface area (Å²) >= 11 is 3.38. The van der Waals surface area contributed by atoms with E-state index in [0.717, 1.165) is 11.8 Å². The lowest BCUT2D eigenvalue weighted by molar-refractivity contribution is -0.385. The molecule has 116 valence electrons. The van der Waals surface area contributed by atoms with E-state index in [9.17, 15) is 14.9 Å². The van der Waals surface area contributed by atoms with Crippen LogP contribution in [0.2, 0.25) is 0 Å². The fourth-order valence-electron chi connectivity index (χ4n) is 2.16. The van der Waals surface area contributed by atoms with Crippen LogP contribution in [0.15, 0.2) is 18.2 Å². The van der Waals surface area contributed by atoms with E-state index >= 15 is 0 Å². The van der Waals surface area contributed by atoms with Crippen LogP contribution in [-0.2, 0) is 0 Å². The van der Waals surface area contributed by atoms with Gasteiger partial charge in [0.2, 0.25) is 0 Å². The van der Waals surface area contributed by atoms with Crippen molar-refractivity contribution in [1.82, 2.24) is 5.32 Å². The Hall–Kier alpha value is -1.43. The Labute approximate surface area is 133 Å². The number of nitro benzene ring substituents is 1. The Morgan fingerprint density at radius 2 is 2.05 bits per heavy atom. The number of nitrogens with one attached hydrogen (secondary N) is 1. The van der Waals surface area contributed by atoms with E-state index in [0.29, 0.717) is 5.56 Å². The number of aryl methyl sites for hydroxylation is 1. The third-order valence-corrected chi connectivity index (χ3v) is 3.88. The Morgan fingerprint density at radius 1 is 1.43 bits per heavy atom. The van der Waals surface area contributed by atoms with Gasteiger partial charge in [-0.25, -0.2) is 0 Å². The predicted molar refractivity (Wildman–Crippen MR) is 87.0 cm³/mol. The monoisotopic (exact) mass is 356 g/mol.